The Kier molecular flexibility index (Phi) is 3.49. The first kappa shape index (κ1) is 13.2. The molecule has 4 nitrogen and oxygen atoms in total. The molecule has 20 heavy (non-hydrogen) atoms. The van der Waals surface area contributed by atoms with Crippen LogP contribution in [0.4, 0.5) is 0 Å². The second-order valence-electron chi connectivity index (χ2n) is 5.40. The number of benzene rings is 1. The lowest BCUT2D eigenvalue weighted by Gasteiger charge is -2.42. The van der Waals surface area contributed by atoms with E-state index in [-0.39, 0.29) is 5.91 Å². The molecule has 3 rings (SSSR count). The van der Waals surface area contributed by atoms with Crippen LogP contribution in [-0.4, -0.2) is 16.8 Å². The molecular weight excluding hydrogens is 254 g/mol. The van der Waals surface area contributed by atoms with E-state index >= 15 is 0 Å². The average molecular weight is 273 g/mol. The van der Waals surface area contributed by atoms with Gasteiger partial charge in [0.2, 0.25) is 5.79 Å². The third kappa shape index (κ3) is 2.56. The summed E-state index contributed by atoms with van der Waals surface area (Å²) in [4.78, 5) is 18.4. The van der Waals surface area contributed by atoms with Crippen molar-refractivity contribution in [2.75, 3.05) is 0 Å². The molecule has 106 valence electrons. The number of hydroxylamine groups is 2. The van der Waals surface area contributed by atoms with Gasteiger partial charge in [-0.3, -0.25) is 4.79 Å². The van der Waals surface area contributed by atoms with Crippen molar-refractivity contribution >= 4 is 5.91 Å². The van der Waals surface area contributed by atoms with Gasteiger partial charge in [0.05, 0.1) is 6.20 Å². The predicted octanol–water partition coefficient (Wildman–Crippen LogP) is 3.61. The molecule has 1 saturated carbocycles. The van der Waals surface area contributed by atoms with Crippen LogP contribution in [0.25, 0.3) is 0 Å². The maximum Gasteiger partial charge on any atom is 0.281 e. The van der Waals surface area contributed by atoms with Gasteiger partial charge in [-0.2, -0.15) is 5.06 Å². The molecule has 0 radical (unpaired) electrons. The van der Waals surface area contributed by atoms with Crippen molar-refractivity contribution in [3.8, 4) is 0 Å². The Balaban J connectivity index is 1.83. The van der Waals surface area contributed by atoms with Crippen LogP contribution in [-0.2, 0) is 9.57 Å². The zero-order valence-electron chi connectivity index (χ0n) is 11.7. The fourth-order valence-corrected chi connectivity index (χ4v) is 2.80. The topological polar surface area (TPSA) is 38.8 Å². The zero-order chi connectivity index (χ0) is 14.0. The minimum Gasteiger partial charge on any atom is -0.463 e. The molecule has 1 aliphatic heterocycles. The highest BCUT2D eigenvalue weighted by Crippen LogP contribution is 2.38. The molecule has 0 aromatic heterocycles. The van der Waals surface area contributed by atoms with Gasteiger partial charge in [-0.15, -0.1) is 0 Å². The van der Waals surface area contributed by atoms with E-state index in [9.17, 15) is 4.79 Å². The normalized spacial score (nSPS) is 21.2. The Hall–Kier alpha value is -1.81. The summed E-state index contributed by atoms with van der Waals surface area (Å²) in [5, 5.41) is 1.33. The van der Waals surface area contributed by atoms with E-state index in [2.05, 4.69) is 0 Å². The fraction of sp³-hybridized carbons (Fsp3) is 0.438. The van der Waals surface area contributed by atoms with Crippen LogP contribution >= 0.6 is 0 Å². The molecule has 1 aromatic carbocycles. The number of carbonyl (C=O) groups excluding carboxylic acids is 1. The van der Waals surface area contributed by atoms with Gasteiger partial charge in [-0.25, -0.2) is 4.84 Å². The first-order valence-corrected chi connectivity index (χ1v) is 7.14. The quantitative estimate of drug-likeness (QED) is 0.784. The molecule has 0 unspecified atom stereocenters. The molecule has 1 fully saturated rings. The van der Waals surface area contributed by atoms with Gasteiger partial charge in [0, 0.05) is 18.4 Å². The van der Waals surface area contributed by atoms with Crippen molar-refractivity contribution in [1.82, 2.24) is 5.06 Å². The maximum atomic E-state index is 12.5. The Labute approximate surface area is 118 Å². The summed E-state index contributed by atoms with van der Waals surface area (Å²) in [7, 11) is 0. The van der Waals surface area contributed by atoms with Crippen LogP contribution in [0.1, 0.15) is 49.4 Å². The second kappa shape index (κ2) is 5.29. The highest BCUT2D eigenvalue weighted by Gasteiger charge is 2.41. The van der Waals surface area contributed by atoms with Gasteiger partial charge < -0.3 is 4.74 Å². The van der Waals surface area contributed by atoms with Gasteiger partial charge in [0.25, 0.3) is 5.91 Å². The SMILES string of the molecule is CC1=CN(C(=O)c2ccccc2)OC2(CCCCC2)O1. The van der Waals surface area contributed by atoms with E-state index < -0.39 is 5.79 Å². The number of ether oxygens (including phenoxy) is 1. The zero-order valence-corrected chi connectivity index (χ0v) is 11.7. The second-order valence-corrected chi connectivity index (χ2v) is 5.40. The van der Waals surface area contributed by atoms with Crippen molar-refractivity contribution < 1.29 is 14.4 Å². The van der Waals surface area contributed by atoms with Crippen molar-refractivity contribution in [1.29, 1.82) is 0 Å². The van der Waals surface area contributed by atoms with E-state index in [0.29, 0.717) is 5.56 Å². The molecule has 2 aliphatic rings. The van der Waals surface area contributed by atoms with Crippen LogP contribution in [0.15, 0.2) is 42.3 Å². The summed E-state index contributed by atoms with van der Waals surface area (Å²) in [6.45, 7) is 1.87. The number of amides is 1. The number of nitrogens with zero attached hydrogens (tertiary/aromatic N) is 1. The summed E-state index contributed by atoms with van der Waals surface area (Å²) in [6, 6.07) is 9.16. The van der Waals surface area contributed by atoms with Crippen LogP contribution in [0.2, 0.25) is 0 Å². The third-order valence-electron chi connectivity index (χ3n) is 3.75. The maximum absolute atomic E-state index is 12.5. The summed E-state index contributed by atoms with van der Waals surface area (Å²) < 4.78 is 5.88. The third-order valence-corrected chi connectivity index (χ3v) is 3.75. The van der Waals surface area contributed by atoms with Crippen LogP contribution in [0.3, 0.4) is 0 Å². The molecule has 0 bridgehead atoms. The van der Waals surface area contributed by atoms with E-state index in [1.807, 2.05) is 25.1 Å². The van der Waals surface area contributed by atoms with Gasteiger partial charge >= 0.3 is 0 Å². The van der Waals surface area contributed by atoms with Crippen LogP contribution in [0, 0.1) is 0 Å². The molecule has 0 atom stereocenters. The molecule has 1 aliphatic carbocycles. The molecule has 0 saturated heterocycles. The summed E-state index contributed by atoms with van der Waals surface area (Å²) in [6.07, 6.45) is 6.62. The van der Waals surface area contributed by atoms with Crippen molar-refractivity contribution in [3.05, 3.63) is 47.9 Å². The highest BCUT2D eigenvalue weighted by atomic mass is 16.8. The van der Waals surface area contributed by atoms with Gasteiger partial charge in [-0.05, 0) is 31.9 Å². The van der Waals surface area contributed by atoms with E-state index in [0.717, 1.165) is 31.4 Å². The van der Waals surface area contributed by atoms with Crippen LogP contribution in [0.5, 0.6) is 0 Å². The smallest absolute Gasteiger partial charge is 0.281 e. The Morgan fingerprint density at radius 1 is 1.15 bits per heavy atom. The molecule has 1 aromatic rings. The standard InChI is InChI=1S/C16H19NO3/c1-13-12-17(15(18)14-8-4-2-5-9-14)20-16(19-13)10-6-3-7-11-16/h2,4-5,8-9,12H,3,6-7,10-11H2,1H3. The minimum atomic E-state index is -0.651. The lowest BCUT2D eigenvalue weighted by molar-refractivity contribution is -0.327. The van der Waals surface area contributed by atoms with E-state index in [1.54, 1.807) is 18.3 Å². The van der Waals surface area contributed by atoms with E-state index in [4.69, 9.17) is 9.57 Å². The fourth-order valence-electron chi connectivity index (χ4n) is 2.80. The summed E-state index contributed by atoms with van der Waals surface area (Å²) in [5.74, 6) is -0.0812. The lowest BCUT2D eigenvalue weighted by atomic mass is 9.94. The number of rotatable bonds is 1. The monoisotopic (exact) mass is 273 g/mol. The van der Waals surface area contributed by atoms with Crippen molar-refractivity contribution in [2.24, 2.45) is 0 Å². The molecule has 0 N–H and O–H groups in total. The molecule has 1 heterocycles. The summed E-state index contributed by atoms with van der Waals surface area (Å²) >= 11 is 0. The Bertz CT molecular complexity index is 518. The lowest BCUT2D eigenvalue weighted by Crippen LogP contribution is -2.47. The van der Waals surface area contributed by atoms with E-state index in [1.165, 1.54) is 11.5 Å². The molecule has 1 amide bonds. The number of carbonyl (C=O) groups is 1. The predicted molar refractivity (Wildman–Crippen MR) is 74.4 cm³/mol. The van der Waals surface area contributed by atoms with Gasteiger partial charge in [-0.1, -0.05) is 24.6 Å². The number of hydrogen-bond donors (Lipinski definition) is 0. The highest BCUT2D eigenvalue weighted by molar-refractivity contribution is 5.94. The Morgan fingerprint density at radius 2 is 1.85 bits per heavy atom. The minimum absolute atomic E-state index is 0.154. The van der Waals surface area contributed by atoms with Crippen molar-refractivity contribution in [3.63, 3.8) is 0 Å². The average Bonchev–Trinajstić information content (AvgIpc) is 2.47. The molecule has 4 heteroatoms. The Morgan fingerprint density at radius 3 is 2.55 bits per heavy atom. The first-order valence-electron chi connectivity index (χ1n) is 7.14. The first-order chi connectivity index (χ1) is 9.69. The summed E-state index contributed by atoms with van der Waals surface area (Å²) in [5.41, 5.74) is 0.615. The largest absolute Gasteiger partial charge is 0.463 e. The molecular formula is C16H19NO3. The van der Waals surface area contributed by atoms with Crippen LogP contribution < -0.4 is 0 Å². The number of allylic oxidation sites excluding steroid dienone is 1. The molecule has 1 spiro atoms. The van der Waals surface area contributed by atoms with Crippen molar-refractivity contribution in [2.45, 2.75) is 44.8 Å². The van der Waals surface area contributed by atoms with Gasteiger partial charge in [0.1, 0.15) is 5.76 Å². The van der Waals surface area contributed by atoms with Gasteiger partial charge in [0.15, 0.2) is 0 Å². The number of hydrogen-bond acceptors (Lipinski definition) is 3.